The van der Waals surface area contributed by atoms with E-state index in [1.54, 1.807) is 0 Å². The second kappa shape index (κ2) is 5.73. The minimum absolute atomic E-state index is 0.579. The van der Waals surface area contributed by atoms with Crippen LogP contribution in [0.15, 0.2) is 0 Å². The van der Waals surface area contributed by atoms with Crippen LogP contribution in [0.5, 0.6) is 0 Å². The Morgan fingerprint density at radius 2 is 2.16 bits per heavy atom. The zero-order valence-corrected chi connectivity index (χ0v) is 12.8. The van der Waals surface area contributed by atoms with Crippen LogP contribution in [0.4, 0.5) is 0 Å². The largest absolute Gasteiger partial charge is 0.378 e. The fourth-order valence-electron chi connectivity index (χ4n) is 4.90. The van der Waals surface area contributed by atoms with E-state index in [1.807, 2.05) is 0 Å². The molecule has 0 spiro atoms. The Hall–Kier alpha value is -0.0800. The van der Waals surface area contributed by atoms with Gasteiger partial charge in [-0.2, -0.15) is 0 Å². The molecule has 3 fully saturated rings. The number of hydrogen-bond donors (Lipinski definition) is 1. The summed E-state index contributed by atoms with van der Waals surface area (Å²) in [6.07, 6.45) is 11.9. The van der Waals surface area contributed by atoms with Crippen molar-refractivity contribution in [2.75, 3.05) is 13.2 Å². The van der Waals surface area contributed by atoms with Crippen LogP contribution in [0.3, 0.4) is 0 Å². The molecule has 3 aliphatic rings. The van der Waals surface area contributed by atoms with Crippen molar-refractivity contribution < 1.29 is 4.74 Å². The predicted molar refractivity (Wildman–Crippen MR) is 79.2 cm³/mol. The summed E-state index contributed by atoms with van der Waals surface area (Å²) in [6.45, 7) is 6.81. The summed E-state index contributed by atoms with van der Waals surface area (Å²) in [7, 11) is 0. The molecule has 0 aromatic heterocycles. The van der Waals surface area contributed by atoms with Crippen LogP contribution in [0.1, 0.15) is 65.2 Å². The third-order valence-corrected chi connectivity index (χ3v) is 5.95. The van der Waals surface area contributed by atoms with Crippen molar-refractivity contribution in [1.82, 2.24) is 5.32 Å². The molecule has 0 radical (unpaired) electrons. The van der Waals surface area contributed by atoms with Crippen LogP contribution in [0.2, 0.25) is 0 Å². The van der Waals surface area contributed by atoms with Gasteiger partial charge in [0.05, 0.1) is 6.10 Å². The maximum Gasteiger partial charge on any atom is 0.0576 e. The van der Waals surface area contributed by atoms with E-state index in [0.717, 1.165) is 18.4 Å². The van der Waals surface area contributed by atoms with E-state index in [2.05, 4.69) is 19.2 Å². The lowest BCUT2D eigenvalue weighted by Crippen LogP contribution is -2.41. The van der Waals surface area contributed by atoms with Gasteiger partial charge in [0.25, 0.3) is 0 Å². The molecule has 0 aromatic rings. The molecule has 3 rings (SSSR count). The summed E-state index contributed by atoms with van der Waals surface area (Å²) < 4.78 is 5.84. The number of ether oxygens (including phenoxy) is 1. The maximum absolute atomic E-state index is 5.84. The molecular formula is C17H31NO. The molecule has 2 heteroatoms. The van der Waals surface area contributed by atoms with Crippen molar-refractivity contribution in [3.63, 3.8) is 0 Å². The van der Waals surface area contributed by atoms with Crippen LogP contribution in [-0.2, 0) is 4.74 Å². The Kier molecular flexibility index (Phi) is 4.19. The van der Waals surface area contributed by atoms with Gasteiger partial charge in [0, 0.05) is 19.2 Å². The molecule has 1 saturated heterocycles. The molecule has 4 atom stereocenters. The van der Waals surface area contributed by atoms with E-state index in [0.29, 0.717) is 17.6 Å². The zero-order valence-electron chi connectivity index (χ0n) is 12.8. The SMILES string of the molecule is CC(C)NCC1(CCC2CCCO2)CC2CCC1C2. The van der Waals surface area contributed by atoms with E-state index in [1.165, 1.54) is 57.9 Å². The molecule has 2 aliphatic carbocycles. The van der Waals surface area contributed by atoms with Gasteiger partial charge in [-0.15, -0.1) is 0 Å². The Morgan fingerprint density at radius 1 is 1.26 bits per heavy atom. The van der Waals surface area contributed by atoms with Gasteiger partial charge < -0.3 is 10.1 Å². The van der Waals surface area contributed by atoms with E-state index in [-0.39, 0.29) is 0 Å². The number of rotatable bonds is 6. The van der Waals surface area contributed by atoms with Crippen molar-refractivity contribution in [3.05, 3.63) is 0 Å². The van der Waals surface area contributed by atoms with Crippen molar-refractivity contribution in [1.29, 1.82) is 0 Å². The highest BCUT2D eigenvalue weighted by Crippen LogP contribution is 2.58. The summed E-state index contributed by atoms with van der Waals surface area (Å²) in [5.74, 6) is 2.05. The number of nitrogens with one attached hydrogen (secondary N) is 1. The van der Waals surface area contributed by atoms with Gasteiger partial charge >= 0.3 is 0 Å². The van der Waals surface area contributed by atoms with Gasteiger partial charge in [0.15, 0.2) is 0 Å². The third kappa shape index (κ3) is 3.00. The van der Waals surface area contributed by atoms with E-state index >= 15 is 0 Å². The molecule has 0 aromatic carbocycles. The lowest BCUT2D eigenvalue weighted by molar-refractivity contribution is 0.0686. The second-order valence-electron chi connectivity index (χ2n) is 7.65. The standard InChI is InChI=1S/C17H31NO/c1-13(2)18-12-17(8-7-16-4-3-9-19-16)11-14-5-6-15(17)10-14/h13-16,18H,3-12H2,1-2H3. The molecular weight excluding hydrogens is 234 g/mol. The molecule has 1 aliphatic heterocycles. The van der Waals surface area contributed by atoms with E-state index in [4.69, 9.17) is 4.74 Å². The minimum Gasteiger partial charge on any atom is -0.378 e. The average molecular weight is 265 g/mol. The molecule has 0 amide bonds. The summed E-state index contributed by atoms with van der Waals surface area (Å²) in [5.41, 5.74) is 0.610. The minimum atomic E-state index is 0.579. The summed E-state index contributed by atoms with van der Waals surface area (Å²) >= 11 is 0. The Labute approximate surface area is 118 Å². The Bertz CT molecular complexity index is 298. The van der Waals surface area contributed by atoms with Crippen LogP contribution in [0.25, 0.3) is 0 Å². The van der Waals surface area contributed by atoms with Gasteiger partial charge in [0.2, 0.25) is 0 Å². The molecule has 2 bridgehead atoms. The summed E-state index contributed by atoms with van der Waals surface area (Å²) in [4.78, 5) is 0. The molecule has 110 valence electrons. The van der Waals surface area contributed by atoms with Crippen LogP contribution < -0.4 is 5.32 Å². The maximum atomic E-state index is 5.84. The lowest BCUT2D eigenvalue weighted by Gasteiger charge is -2.39. The van der Waals surface area contributed by atoms with Gasteiger partial charge in [-0.1, -0.05) is 20.3 Å². The Morgan fingerprint density at radius 3 is 2.74 bits per heavy atom. The predicted octanol–water partition coefficient (Wildman–Crippen LogP) is 3.75. The fourth-order valence-corrected chi connectivity index (χ4v) is 4.90. The highest BCUT2D eigenvalue weighted by atomic mass is 16.5. The first-order valence-corrected chi connectivity index (χ1v) is 8.53. The highest BCUT2D eigenvalue weighted by Gasteiger charge is 2.50. The summed E-state index contributed by atoms with van der Waals surface area (Å²) in [6, 6.07) is 0.624. The third-order valence-electron chi connectivity index (χ3n) is 5.95. The van der Waals surface area contributed by atoms with Crippen LogP contribution >= 0.6 is 0 Å². The Balaban J connectivity index is 1.59. The smallest absolute Gasteiger partial charge is 0.0576 e. The first-order valence-electron chi connectivity index (χ1n) is 8.53. The molecule has 1 heterocycles. The lowest BCUT2D eigenvalue weighted by atomic mass is 9.69. The average Bonchev–Trinajstić information content (AvgIpc) is 3.10. The number of hydrogen-bond acceptors (Lipinski definition) is 2. The van der Waals surface area contributed by atoms with Gasteiger partial charge in [0.1, 0.15) is 0 Å². The normalized spacial score (nSPS) is 41.5. The van der Waals surface area contributed by atoms with Crippen molar-refractivity contribution in [3.8, 4) is 0 Å². The van der Waals surface area contributed by atoms with E-state index < -0.39 is 0 Å². The van der Waals surface area contributed by atoms with E-state index in [9.17, 15) is 0 Å². The molecule has 2 nitrogen and oxygen atoms in total. The molecule has 2 saturated carbocycles. The van der Waals surface area contributed by atoms with Gasteiger partial charge in [-0.3, -0.25) is 0 Å². The van der Waals surface area contributed by atoms with Crippen molar-refractivity contribution in [2.24, 2.45) is 17.3 Å². The molecule has 4 unspecified atom stereocenters. The van der Waals surface area contributed by atoms with Crippen molar-refractivity contribution >= 4 is 0 Å². The second-order valence-corrected chi connectivity index (χ2v) is 7.65. The van der Waals surface area contributed by atoms with Gasteiger partial charge in [-0.25, -0.2) is 0 Å². The quantitative estimate of drug-likeness (QED) is 0.789. The first-order chi connectivity index (χ1) is 9.18. The zero-order chi connectivity index (χ0) is 13.3. The van der Waals surface area contributed by atoms with Gasteiger partial charge in [-0.05, 0) is 62.2 Å². The summed E-state index contributed by atoms with van der Waals surface area (Å²) in [5, 5.41) is 3.75. The monoisotopic (exact) mass is 265 g/mol. The molecule has 1 N–H and O–H groups in total. The fraction of sp³-hybridized carbons (Fsp3) is 1.00. The molecule has 19 heavy (non-hydrogen) atoms. The van der Waals surface area contributed by atoms with Crippen molar-refractivity contribution in [2.45, 2.75) is 77.4 Å². The van der Waals surface area contributed by atoms with Crippen LogP contribution in [0, 0.1) is 17.3 Å². The topological polar surface area (TPSA) is 21.3 Å². The first kappa shape index (κ1) is 13.9. The van der Waals surface area contributed by atoms with Crippen LogP contribution in [-0.4, -0.2) is 25.3 Å². The highest BCUT2D eigenvalue weighted by molar-refractivity contribution is 5.01. The number of fused-ring (bicyclic) bond motifs is 2.